The lowest BCUT2D eigenvalue weighted by Crippen LogP contribution is -2.49. The highest BCUT2D eigenvalue weighted by atomic mass is 16.5. The van der Waals surface area contributed by atoms with Gasteiger partial charge < -0.3 is 14.8 Å². The maximum absolute atomic E-state index is 11.3. The van der Waals surface area contributed by atoms with Gasteiger partial charge >= 0.3 is 0 Å². The van der Waals surface area contributed by atoms with Gasteiger partial charge in [-0.3, -0.25) is 4.79 Å². The van der Waals surface area contributed by atoms with Crippen molar-refractivity contribution in [2.24, 2.45) is 5.41 Å². The summed E-state index contributed by atoms with van der Waals surface area (Å²) in [5, 5.41) is 2.84. The maximum atomic E-state index is 11.3. The Labute approximate surface area is 85.0 Å². The third kappa shape index (κ3) is 3.64. The number of carbonyl (C=O) groups is 1. The molecule has 4 heteroatoms. The third-order valence-electron chi connectivity index (χ3n) is 2.16. The molecule has 1 saturated heterocycles. The van der Waals surface area contributed by atoms with Gasteiger partial charge in [-0.2, -0.15) is 0 Å². The number of amides is 1. The van der Waals surface area contributed by atoms with E-state index in [0.717, 1.165) is 13.2 Å². The van der Waals surface area contributed by atoms with Crippen molar-refractivity contribution in [3.8, 4) is 0 Å². The van der Waals surface area contributed by atoms with E-state index >= 15 is 0 Å². The number of nitrogens with one attached hydrogen (secondary N) is 1. The molecule has 0 aromatic heterocycles. The molecule has 1 aliphatic rings. The van der Waals surface area contributed by atoms with E-state index in [4.69, 9.17) is 9.47 Å². The van der Waals surface area contributed by atoms with Crippen LogP contribution in [-0.2, 0) is 14.3 Å². The van der Waals surface area contributed by atoms with Crippen molar-refractivity contribution < 1.29 is 14.3 Å². The van der Waals surface area contributed by atoms with Crippen molar-refractivity contribution in [1.29, 1.82) is 0 Å². The van der Waals surface area contributed by atoms with Crippen molar-refractivity contribution in [3.05, 3.63) is 0 Å². The van der Waals surface area contributed by atoms with Crippen LogP contribution < -0.4 is 5.32 Å². The predicted molar refractivity (Wildman–Crippen MR) is 53.0 cm³/mol. The highest BCUT2D eigenvalue weighted by molar-refractivity contribution is 5.77. The van der Waals surface area contributed by atoms with E-state index in [2.05, 4.69) is 12.2 Å². The van der Waals surface area contributed by atoms with Gasteiger partial charge in [0, 0.05) is 12.0 Å². The van der Waals surface area contributed by atoms with Crippen molar-refractivity contribution in [2.45, 2.75) is 26.9 Å². The van der Waals surface area contributed by atoms with Crippen LogP contribution in [0.15, 0.2) is 0 Å². The van der Waals surface area contributed by atoms with Crippen LogP contribution in [0.25, 0.3) is 0 Å². The van der Waals surface area contributed by atoms with E-state index < -0.39 is 0 Å². The highest BCUT2D eigenvalue weighted by Gasteiger charge is 2.33. The fourth-order valence-electron chi connectivity index (χ4n) is 1.16. The number of hydrogen-bond acceptors (Lipinski definition) is 3. The Bertz CT molecular complexity index is 200. The lowest BCUT2D eigenvalue weighted by Gasteiger charge is -2.38. The van der Waals surface area contributed by atoms with E-state index in [1.54, 1.807) is 0 Å². The monoisotopic (exact) mass is 201 g/mol. The molecule has 0 atom stereocenters. The van der Waals surface area contributed by atoms with Crippen LogP contribution in [0.3, 0.4) is 0 Å². The zero-order valence-corrected chi connectivity index (χ0v) is 9.13. The van der Waals surface area contributed by atoms with Gasteiger partial charge in [-0.25, -0.2) is 0 Å². The second-order valence-corrected chi connectivity index (χ2v) is 4.44. The summed E-state index contributed by atoms with van der Waals surface area (Å²) in [6.07, 6.45) is 0.100. The molecule has 0 unspecified atom stereocenters. The zero-order chi connectivity index (χ0) is 10.6. The Morgan fingerprint density at radius 2 is 2.21 bits per heavy atom. The maximum Gasteiger partial charge on any atom is 0.246 e. The van der Waals surface area contributed by atoms with Gasteiger partial charge in [0.1, 0.15) is 6.61 Å². The van der Waals surface area contributed by atoms with Gasteiger partial charge in [0.15, 0.2) is 0 Å². The van der Waals surface area contributed by atoms with Crippen molar-refractivity contribution in [3.63, 3.8) is 0 Å². The molecule has 0 spiro atoms. The summed E-state index contributed by atoms with van der Waals surface area (Å²) in [7, 11) is 0. The molecule has 0 bridgehead atoms. The summed E-state index contributed by atoms with van der Waals surface area (Å²) >= 11 is 0. The first kappa shape index (κ1) is 11.5. The molecule has 14 heavy (non-hydrogen) atoms. The number of carbonyl (C=O) groups excluding carboxylic acids is 1. The second-order valence-electron chi connectivity index (χ2n) is 4.44. The van der Waals surface area contributed by atoms with Crippen LogP contribution in [0.5, 0.6) is 0 Å². The Morgan fingerprint density at radius 1 is 1.57 bits per heavy atom. The minimum absolute atomic E-state index is 0.0492. The highest BCUT2D eigenvalue weighted by Crippen LogP contribution is 2.24. The van der Waals surface area contributed by atoms with Crippen LogP contribution in [0, 0.1) is 5.41 Å². The van der Waals surface area contributed by atoms with Crippen LogP contribution in [0.4, 0.5) is 0 Å². The quantitative estimate of drug-likeness (QED) is 0.707. The van der Waals surface area contributed by atoms with Gasteiger partial charge in [-0.1, -0.05) is 6.92 Å². The van der Waals surface area contributed by atoms with Crippen molar-refractivity contribution in [2.75, 3.05) is 26.4 Å². The summed E-state index contributed by atoms with van der Waals surface area (Å²) in [6, 6.07) is 0. The Hall–Kier alpha value is -0.610. The Kier molecular flexibility index (Phi) is 3.89. The number of ether oxygens (including phenoxy) is 2. The minimum Gasteiger partial charge on any atom is -0.380 e. The molecule has 1 fully saturated rings. The fourth-order valence-corrected chi connectivity index (χ4v) is 1.16. The molecule has 1 rings (SSSR count). The van der Waals surface area contributed by atoms with E-state index in [1.165, 1.54) is 0 Å². The normalized spacial score (nSPS) is 19.1. The van der Waals surface area contributed by atoms with Gasteiger partial charge in [0.25, 0.3) is 0 Å². The standard InChI is InChI=1S/C10H19NO3/c1-8(2)14-4-9(12)11-5-10(3)6-13-7-10/h8H,4-7H2,1-3H3,(H,11,12). The fraction of sp³-hybridized carbons (Fsp3) is 0.900. The Morgan fingerprint density at radius 3 is 2.64 bits per heavy atom. The summed E-state index contributed by atoms with van der Waals surface area (Å²) < 4.78 is 10.3. The van der Waals surface area contributed by atoms with E-state index in [1.807, 2.05) is 13.8 Å². The van der Waals surface area contributed by atoms with Gasteiger partial charge in [-0.05, 0) is 13.8 Å². The van der Waals surface area contributed by atoms with E-state index in [-0.39, 0.29) is 24.0 Å². The van der Waals surface area contributed by atoms with Crippen LogP contribution in [0.2, 0.25) is 0 Å². The average Bonchev–Trinajstić information content (AvgIpc) is 2.08. The van der Waals surface area contributed by atoms with Gasteiger partial charge in [0.05, 0.1) is 19.3 Å². The average molecular weight is 201 g/mol. The van der Waals surface area contributed by atoms with E-state index in [0.29, 0.717) is 6.54 Å². The largest absolute Gasteiger partial charge is 0.380 e. The molecule has 0 aromatic rings. The molecular formula is C10H19NO3. The lowest BCUT2D eigenvalue weighted by molar-refractivity contribution is -0.132. The van der Waals surface area contributed by atoms with Crippen LogP contribution >= 0.6 is 0 Å². The van der Waals surface area contributed by atoms with Gasteiger partial charge in [-0.15, -0.1) is 0 Å². The van der Waals surface area contributed by atoms with Crippen LogP contribution in [0.1, 0.15) is 20.8 Å². The molecule has 0 saturated carbocycles. The number of hydrogen-bond donors (Lipinski definition) is 1. The Balaban J connectivity index is 2.08. The second kappa shape index (κ2) is 4.75. The first-order chi connectivity index (χ1) is 6.52. The summed E-state index contributed by atoms with van der Waals surface area (Å²) in [5.41, 5.74) is 0.132. The van der Waals surface area contributed by atoms with Gasteiger partial charge in [0.2, 0.25) is 5.91 Å². The minimum atomic E-state index is -0.0492. The molecular weight excluding hydrogens is 182 g/mol. The number of rotatable bonds is 5. The zero-order valence-electron chi connectivity index (χ0n) is 9.13. The topological polar surface area (TPSA) is 47.6 Å². The lowest BCUT2D eigenvalue weighted by atomic mass is 9.89. The smallest absolute Gasteiger partial charge is 0.246 e. The molecule has 0 aliphatic carbocycles. The summed E-state index contributed by atoms with van der Waals surface area (Å²) in [6.45, 7) is 8.21. The molecule has 4 nitrogen and oxygen atoms in total. The van der Waals surface area contributed by atoms with Crippen LogP contribution in [-0.4, -0.2) is 38.4 Å². The van der Waals surface area contributed by atoms with Crippen molar-refractivity contribution in [1.82, 2.24) is 5.32 Å². The molecule has 0 aromatic carbocycles. The summed E-state index contributed by atoms with van der Waals surface area (Å²) in [4.78, 5) is 11.3. The van der Waals surface area contributed by atoms with E-state index in [9.17, 15) is 4.79 Å². The molecule has 82 valence electrons. The SMILES string of the molecule is CC(C)OCC(=O)NCC1(C)COC1. The predicted octanol–water partition coefficient (Wildman–Crippen LogP) is 0.564. The first-order valence-corrected chi connectivity index (χ1v) is 4.98. The first-order valence-electron chi connectivity index (χ1n) is 4.98. The molecule has 1 heterocycles. The van der Waals surface area contributed by atoms with Crippen molar-refractivity contribution >= 4 is 5.91 Å². The molecule has 0 radical (unpaired) electrons. The summed E-state index contributed by atoms with van der Waals surface area (Å²) in [5.74, 6) is -0.0492. The molecule has 1 N–H and O–H groups in total. The third-order valence-corrected chi connectivity index (χ3v) is 2.16. The molecule has 1 amide bonds. The molecule has 1 aliphatic heterocycles.